The first-order valence-electron chi connectivity index (χ1n) is 6.56. The van der Waals surface area contributed by atoms with Crippen molar-refractivity contribution in [3.8, 4) is 0 Å². The van der Waals surface area contributed by atoms with Crippen LogP contribution in [0.4, 0.5) is 5.69 Å². The van der Waals surface area contributed by atoms with Gasteiger partial charge in [0.05, 0.1) is 0 Å². The van der Waals surface area contributed by atoms with E-state index in [0.29, 0.717) is 10.7 Å². The Morgan fingerprint density at radius 1 is 1.24 bits per heavy atom. The first kappa shape index (κ1) is 13.6. The van der Waals surface area contributed by atoms with E-state index in [1.807, 2.05) is 42.6 Å². The fourth-order valence-corrected chi connectivity index (χ4v) is 2.37. The average Bonchev–Trinajstić information content (AvgIpc) is 2.85. The minimum Gasteiger partial charge on any atom is -0.320 e. The van der Waals surface area contributed by atoms with Gasteiger partial charge in [0, 0.05) is 23.1 Å². The van der Waals surface area contributed by atoms with E-state index in [0.717, 1.165) is 22.5 Å². The van der Waals surface area contributed by atoms with E-state index in [9.17, 15) is 4.79 Å². The van der Waals surface area contributed by atoms with Gasteiger partial charge in [-0.3, -0.25) is 4.79 Å². The maximum atomic E-state index is 12.3. The van der Waals surface area contributed by atoms with Crippen LogP contribution in [0.1, 0.15) is 21.6 Å². The van der Waals surface area contributed by atoms with Crippen molar-refractivity contribution in [1.82, 2.24) is 9.38 Å². The third-order valence-electron chi connectivity index (χ3n) is 3.29. The summed E-state index contributed by atoms with van der Waals surface area (Å²) in [7, 11) is 0. The van der Waals surface area contributed by atoms with Gasteiger partial charge >= 0.3 is 0 Å². The lowest BCUT2D eigenvalue weighted by Crippen LogP contribution is -2.13. The van der Waals surface area contributed by atoms with Crippen LogP contribution in [0.15, 0.2) is 42.7 Å². The number of amides is 1. The Morgan fingerprint density at radius 2 is 2.05 bits per heavy atom. The maximum absolute atomic E-state index is 12.3. The summed E-state index contributed by atoms with van der Waals surface area (Å²) in [5.41, 5.74) is 3.89. The predicted molar refractivity (Wildman–Crippen MR) is 84.1 cm³/mol. The van der Waals surface area contributed by atoms with E-state index in [4.69, 9.17) is 11.6 Å². The number of nitrogens with one attached hydrogen (secondary N) is 1. The summed E-state index contributed by atoms with van der Waals surface area (Å²) in [6.45, 7) is 3.89. The lowest BCUT2D eigenvalue weighted by atomic mass is 10.2. The SMILES string of the molecule is Cc1ccn2cc(C(=O)Nc3ccc(Cl)cc3C)nc2c1. The van der Waals surface area contributed by atoms with Crippen LogP contribution in [0, 0.1) is 13.8 Å². The van der Waals surface area contributed by atoms with Crippen LogP contribution in [0.5, 0.6) is 0 Å². The molecule has 3 rings (SSSR count). The van der Waals surface area contributed by atoms with E-state index in [1.165, 1.54) is 0 Å². The number of halogens is 1. The number of carbonyl (C=O) groups excluding carboxylic acids is 1. The molecular weight excluding hydrogens is 286 g/mol. The molecule has 0 atom stereocenters. The molecule has 0 aliphatic heterocycles. The zero-order chi connectivity index (χ0) is 15.0. The molecule has 0 bridgehead atoms. The third kappa shape index (κ3) is 2.76. The first-order valence-corrected chi connectivity index (χ1v) is 6.93. The highest BCUT2D eigenvalue weighted by Gasteiger charge is 2.12. The fraction of sp³-hybridized carbons (Fsp3) is 0.125. The van der Waals surface area contributed by atoms with Crippen LogP contribution in [0.3, 0.4) is 0 Å². The molecule has 2 aromatic heterocycles. The number of hydrogen-bond donors (Lipinski definition) is 1. The third-order valence-corrected chi connectivity index (χ3v) is 3.52. The van der Waals surface area contributed by atoms with Crippen molar-refractivity contribution in [3.63, 3.8) is 0 Å². The minimum absolute atomic E-state index is 0.234. The number of fused-ring (bicyclic) bond motifs is 1. The molecule has 0 aliphatic carbocycles. The molecule has 0 radical (unpaired) electrons. The Hall–Kier alpha value is -2.33. The average molecular weight is 300 g/mol. The van der Waals surface area contributed by atoms with Gasteiger partial charge in [-0.05, 0) is 55.3 Å². The molecule has 3 aromatic rings. The van der Waals surface area contributed by atoms with E-state index in [-0.39, 0.29) is 5.91 Å². The van der Waals surface area contributed by atoms with E-state index in [1.54, 1.807) is 18.3 Å². The Bertz CT molecular complexity index is 839. The normalized spacial score (nSPS) is 10.8. The molecule has 0 aliphatic rings. The number of benzene rings is 1. The van der Waals surface area contributed by atoms with Crippen molar-refractivity contribution in [1.29, 1.82) is 0 Å². The maximum Gasteiger partial charge on any atom is 0.275 e. The van der Waals surface area contributed by atoms with E-state index >= 15 is 0 Å². The number of hydrogen-bond acceptors (Lipinski definition) is 2. The number of aromatic nitrogens is 2. The van der Waals surface area contributed by atoms with Gasteiger partial charge in [0.2, 0.25) is 0 Å². The molecule has 0 saturated carbocycles. The smallest absolute Gasteiger partial charge is 0.275 e. The largest absolute Gasteiger partial charge is 0.320 e. The summed E-state index contributed by atoms with van der Waals surface area (Å²) in [6, 6.07) is 9.25. The zero-order valence-corrected chi connectivity index (χ0v) is 12.5. The van der Waals surface area contributed by atoms with Crippen LogP contribution in [-0.4, -0.2) is 15.3 Å². The zero-order valence-electron chi connectivity index (χ0n) is 11.7. The van der Waals surface area contributed by atoms with Crippen LogP contribution in [0.25, 0.3) is 5.65 Å². The topological polar surface area (TPSA) is 46.4 Å². The molecule has 0 fully saturated rings. The highest BCUT2D eigenvalue weighted by molar-refractivity contribution is 6.30. The quantitative estimate of drug-likeness (QED) is 0.781. The van der Waals surface area contributed by atoms with Gasteiger partial charge in [0.1, 0.15) is 11.3 Å². The Balaban J connectivity index is 1.89. The lowest BCUT2D eigenvalue weighted by Gasteiger charge is -2.06. The Kier molecular flexibility index (Phi) is 3.39. The summed E-state index contributed by atoms with van der Waals surface area (Å²) in [6.07, 6.45) is 3.61. The molecule has 0 saturated heterocycles. The van der Waals surface area contributed by atoms with Crippen LogP contribution in [0.2, 0.25) is 5.02 Å². The van der Waals surface area contributed by atoms with Gasteiger partial charge in [-0.1, -0.05) is 11.6 Å². The van der Waals surface area contributed by atoms with Crippen molar-refractivity contribution in [3.05, 3.63) is 64.6 Å². The summed E-state index contributed by atoms with van der Waals surface area (Å²) in [5, 5.41) is 3.50. The summed E-state index contributed by atoms with van der Waals surface area (Å²) in [4.78, 5) is 16.6. The molecule has 2 heterocycles. The van der Waals surface area contributed by atoms with Crippen LogP contribution < -0.4 is 5.32 Å². The molecule has 4 nitrogen and oxygen atoms in total. The van der Waals surface area contributed by atoms with Crippen molar-refractivity contribution < 1.29 is 4.79 Å². The van der Waals surface area contributed by atoms with Gasteiger partial charge in [-0.15, -0.1) is 0 Å². The molecule has 1 N–H and O–H groups in total. The van der Waals surface area contributed by atoms with Crippen LogP contribution >= 0.6 is 11.6 Å². The van der Waals surface area contributed by atoms with E-state index < -0.39 is 0 Å². The van der Waals surface area contributed by atoms with Crippen molar-refractivity contribution >= 4 is 28.8 Å². The van der Waals surface area contributed by atoms with Crippen LogP contribution in [-0.2, 0) is 0 Å². The molecule has 1 aromatic carbocycles. The predicted octanol–water partition coefficient (Wildman–Crippen LogP) is 3.86. The number of carbonyl (C=O) groups is 1. The molecule has 0 unspecified atom stereocenters. The molecule has 1 amide bonds. The highest BCUT2D eigenvalue weighted by Crippen LogP contribution is 2.20. The summed E-state index contributed by atoms with van der Waals surface area (Å²) < 4.78 is 1.83. The lowest BCUT2D eigenvalue weighted by molar-refractivity contribution is 0.102. The number of imidazole rings is 1. The monoisotopic (exact) mass is 299 g/mol. The molecule has 5 heteroatoms. The number of nitrogens with zero attached hydrogens (tertiary/aromatic N) is 2. The number of rotatable bonds is 2. The Labute approximate surface area is 127 Å². The fourth-order valence-electron chi connectivity index (χ4n) is 2.15. The van der Waals surface area contributed by atoms with Gasteiger partial charge in [-0.2, -0.15) is 0 Å². The van der Waals surface area contributed by atoms with E-state index in [2.05, 4.69) is 10.3 Å². The second-order valence-electron chi connectivity index (χ2n) is 5.01. The van der Waals surface area contributed by atoms with Crippen molar-refractivity contribution in [2.24, 2.45) is 0 Å². The second kappa shape index (κ2) is 5.22. The summed E-state index contributed by atoms with van der Waals surface area (Å²) >= 11 is 5.91. The second-order valence-corrected chi connectivity index (χ2v) is 5.45. The number of pyridine rings is 1. The number of aryl methyl sites for hydroxylation is 2. The van der Waals surface area contributed by atoms with Gasteiger partial charge < -0.3 is 9.72 Å². The summed E-state index contributed by atoms with van der Waals surface area (Å²) in [5.74, 6) is -0.234. The first-order chi connectivity index (χ1) is 10.0. The standard InChI is InChI=1S/C16H14ClN3O/c1-10-5-6-20-9-14(18-15(20)7-10)16(21)19-13-4-3-12(17)8-11(13)2/h3-9H,1-2H3,(H,19,21). The number of anilines is 1. The van der Waals surface area contributed by atoms with Crippen molar-refractivity contribution in [2.75, 3.05) is 5.32 Å². The molecule has 21 heavy (non-hydrogen) atoms. The molecular formula is C16H14ClN3O. The van der Waals surface area contributed by atoms with Gasteiger partial charge in [0.15, 0.2) is 0 Å². The highest BCUT2D eigenvalue weighted by atomic mass is 35.5. The van der Waals surface area contributed by atoms with Gasteiger partial charge in [-0.25, -0.2) is 4.98 Å². The minimum atomic E-state index is -0.234. The molecule has 0 spiro atoms. The van der Waals surface area contributed by atoms with Gasteiger partial charge in [0.25, 0.3) is 5.91 Å². The molecule has 106 valence electrons. The Morgan fingerprint density at radius 3 is 2.81 bits per heavy atom. The van der Waals surface area contributed by atoms with Crippen molar-refractivity contribution in [2.45, 2.75) is 13.8 Å².